The molecule has 1 saturated heterocycles. The number of rotatable bonds is 2. The molecule has 1 saturated carbocycles. The van der Waals surface area contributed by atoms with Crippen LogP contribution in [0.15, 0.2) is 17.6 Å². The van der Waals surface area contributed by atoms with Gasteiger partial charge in [0, 0.05) is 26.7 Å². The van der Waals surface area contributed by atoms with Crippen molar-refractivity contribution >= 4 is 5.96 Å². The molecule has 0 aromatic carbocycles. The molecule has 0 unspecified atom stereocenters. The van der Waals surface area contributed by atoms with Crippen molar-refractivity contribution in [2.45, 2.75) is 25.7 Å². The minimum absolute atomic E-state index is 0.645. The van der Waals surface area contributed by atoms with Crippen molar-refractivity contribution in [2.75, 3.05) is 26.7 Å². The first kappa shape index (κ1) is 10.5. The van der Waals surface area contributed by atoms with E-state index in [0.29, 0.717) is 5.41 Å². The van der Waals surface area contributed by atoms with E-state index in [1.807, 2.05) is 13.1 Å². The van der Waals surface area contributed by atoms with Gasteiger partial charge in [-0.05, 0) is 24.7 Å². The topological polar surface area (TPSA) is 27.6 Å². The zero-order valence-electron chi connectivity index (χ0n) is 9.63. The Balaban J connectivity index is 1.90. The van der Waals surface area contributed by atoms with Crippen LogP contribution in [0, 0.1) is 5.41 Å². The Morgan fingerprint density at radius 2 is 2.33 bits per heavy atom. The average Bonchev–Trinajstić information content (AvgIpc) is 2.64. The van der Waals surface area contributed by atoms with Gasteiger partial charge in [0.05, 0.1) is 0 Å². The van der Waals surface area contributed by atoms with E-state index in [2.05, 4.69) is 21.8 Å². The SMILES string of the molecule is C=CCNC(=NC)N1CCC2(CCC2)C1. The van der Waals surface area contributed by atoms with Crippen LogP contribution in [0.3, 0.4) is 0 Å². The summed E-state index contributed by atoms with van der Waals surface area (Å²) in [5.74, 6) is 1.04. The summed E-state index contributed by atoms with van der Waals surface area (Å²) in [7, 11) is 1.86. The maximum atomic E-state index is 4.32. The van der Waals surface area contributed by atoms with Crippen LogP contribution >= 0.6 is 0 Å². The summed E-state index contributed by atoms with van der Waals surface area (Å²) in [6.45, 7) is 6.88. The molecular weight excluding hydrogens is 186 g/mol. The van der Waals surface area contributed by atoms with Gasteiger partial charge in [0.2, 0.25) is 0 Å². The number of likely N-dealkylation sites (tertiary alicyclic amines) is 1. The predicted molar refractivity (Wildman–Crippen MR) is 64.0 cm³/mol. The molecule has 1 aliphatic heterocycles. The lowest BCUT2D eigenvalue weighted by atomic mass is 9.68. The fourth-order valence-corrected chi connectivity index (χ4v) is 2.70. The second-order valence-electron chi connectivity index (χ2n) is 4.74. The van der Waals surface area contributed by atoms with Crippen LogP contribution in [0.2, 0.25) is 0 Å². The van der Waals surface area contributed by atoms with Crippen LogP contribution in [-0.4, -0.2) is 37.5 Å². The largest absolute Gasteiger partial charge is 0.353 e. The zero-order valence-corrected chi connectivity index (χ0v) is 9.63. The molecule has 2 fully saturated rings. The molecule has 1 N–H and O–H groups in total. The molecule has 0 aromatic rings. The summed E-state index contributed by atoms with van der Waals surface area (Å²) in [5, 5.41) is 3.30. The lowest BCUT2D eigenvalue weighted by Gasteiger charge is -2.38. The van der Waals surface area contributed by atoms with Crippen molar-refractivity contribution in [2.24, 2.45) is 10.4 Å². The first-order valence-corrected chi connectivity index (χ1v) is 5.86. The Morgan fingerprint density at radius 1 is 1.53 bits per heavy atom. The quantitative estimate of drug-likeness (QED) is 0.423. The van der Waals surface area contributed by atoms with E-state index in [1.165, 1.54) is 32.2 Å². The number of guanidine groups is 1. The molecule has 1 aliphatic carbocycles. The van der Waals surface area contributed by atoms with Crippen molar-refractivity contribution in [3.63, 3.8) is 0 Å². The Labute approximate surface area is 92.3 Å². The standard InChI is InChI=1S/C12H21N3/c1-3-8-14-11(13-2)15-9-7-12(10-15)5-4-6-12/h3H,1,4-10H2,2H3,(H,13,14). The zero-order chi connectivity index (χ0) is 10.7. The number of nitrogens with zero attached hydrogens (tertiary/aromatic N) is 2. The van der Waals surface area contributed by atoms with Gasteiger partial charge in [-0.1, -0.05) is 12.5 Å². The van der Waals surface area contributed by atoms with Gasteiger partial charge in [-0.15, -0.1) is 6.58 Å². The fraction of sp³-hybridized carbons (Fsp3) is 0.750. The maximum absolute atomic E-state index is 4.32. The number of aliphatic imine (C=N–C) groups is 1. The highest BCUT2D eigenvalue weighted by Gasteiger charge is 2.43. The van der Waals surface area contributed by atoms with Gasteiger partial charge >= 0.3 is 0 Å². The van der Waals surface area contributed by atoms with E-state index in [4.69, 9.17) is 0 Å². The molecule has 0 amide bonds. The Bertz CT molecular complexity index is 266. The molecule has 0 bridgehead atoms. The second-order valence-corrected chi connectivity index (χ2v) is 4.74. The van der Waals surface area contributed by atoms with E-state index < -0.39 is 0 Å². The molecule has 15 heavy (non-hydrogen) atoms. The summed E-state index contributed by atoms with van der Waals surface area (Å²) in [5.41, 5.74) is 0.645. The van der Waals surface area contributed by atoms with Gasteiger partial charge in [0.1, 0.15) is 0 Å². The Morgan fingerprint density at radius 3 is 2.80 bits per heavy atom. The van der Waals surface area contributed by atoms with Crippen LogP contribution < -0.4 is 5.32 Å². The molecule has 0 aromatic heterocycles. The lowest BCUT2D eigenvalue weighted by molar-refractivity contribution is 0.151. The smallest absolute Gasteiger partial charge is 0.193 e. The van der Waals surface area contributed by atoms with E-state index >= 15 is 0 Å². The van der Waals surface area contributed by atoms with Gasteiger partial charge in [0.15, 0.2) is 5.96 Å². The Hall–Kier alpha value is -0.990. The number of hydrogen-bond donors (Lipinski definition) is 1. The molecular formula is C12H21N3. The summed E-state index contributed by atoms with van der Waals surface area (Å²) in [6, 6.07) is 0. The predicted octanol–water partition coefficient (Wildman–Crippen LogP) is 1.62. The van der Waals surface area contributed by atoms with E-state index in [0.717, 1.165) is 19.0 Å². The minimum atomic E-state index is 0.645. The van der Waals surface area contributed by atoms with Crippen molar-refractivity contribution in [1.29, 1.82) is 0 Å². The molecule has 3 heteroatoms. The third-order valence-electron chi connectivity index (χ3n) is 3.77. The molecule has 2 rings (SSSR count). The second kappa shape index (κ2) is 4.25. The molecule has 0 radical (unpaired) electrons. The Kier molecular flexibility index (Phi) is 2.98. The lowest BCUT2D eigenvalue weighted by Crippen LogP contribution is -2.42. The van der Waals surface area contributed by atoms with Crippen molar-refractivity contribution in [3.05, 3.63) is 12.7 Å². The van der Waals surface area contributed by atoms with Gasteiger partial charge in [-0.2, -0.15) is 0 Å². The fourth-order valence-electron chi connectivity index (χ4n) is 2.70. The molecule has 84 valence electrons. The summed E-state index contributed by atoms with van der Waals surface area (Å²) >= 11 is 0. The first-order chi connectivity index (χ1) is 7.29. The van der Waals surface area contributed by atoms with Crippen molar-refractivity contribution < 1.29 is 0 Å². The van der Waals surface area contributed by atoms with Gasteiger partial charge in [0.25, 0.3) is 0 Å². The van der Waals surface area contributed by atoms with Gasteiger partial charge in [-0.25, -0.2) is 0 Å². The van der Waals surface area contributed by atoms with Crippen LogP contribution in [0.5, 0.6) is 0 Å². The maximum Gasteiger partial charge on any atom is 0.193 e. The van der Waals surface area contributed by atoms with E-state index in [1.54, 1.807) is 0 Å². The normalized spacial score (nSPS) is 24.1. The molecule has 0 atom stereocenters. The third kappa shape index (κ3) is 2.01. The number of hydrogen-bond acceptors (Lipinski definition) is 1. The van der Waals surface area contributed by atoms with Crippen LogP contribution in [0.1, 0.15) is 25.7 Å². The van der Waals surface area contributed by atoms with E-state index in [-0.39, 0.29) is 0 Å². The summed E-state index contributed by atoms with van der Waals surface area (Å²) < 4.78 is 0. The van der Waals surface area contributed by atoms with Crippen molar-refractivity contribution in [1.82, 2.24) is 10.2 Å². The van der Waals surface area contributed by atoms with Gasteiger partial charge in [-0.3, -0.25) is 4.99 Å². The minimum Gasteiger partial charge on any atom is -0.353 e. The summed E-state index contributed by atoms with van der Waals surface area (Å²) in [6.07, 6.45) is 7.48. The highest BCUT2D eigenvalue weighted by atomic mass is 15.3. The molecule has 1 heterocycles. The highest BCUT2D eigenvalue weighted by Crippen LogP contribution is 2.47. The highest BCUT2D eigenvalue weighted by molar-refractivity contribution is 5.80. The van der Waals surface area contributed by atoms with Crippen LogP contribution in [0.4, 0.5) is 0 Å². The molecule has 1 spiro atoms. The molecule has 3 nitrogen and oxygen atoms in total. The summed E-state index contributed by atoms with van der Waals surface area (Å²) in [4.78, 5) is 6.71. The average molecular weight is 207 g/mol. The van der Waals surface area contributed by atoms with E-state index in [9.17, 15) is 0 Å². The molecule has 2 aliphatic rings. The van der Waals surface area contributed by atoms with Gasteiger partial charge < -0.3 is 10.2 Å². The van der Waals surface area contributed by atoms with Crippen LogP contribution in [0.25, 0.3) is 0 Å². The number of nitrogens with one attached hydrogen (secondary N) is 1. The van der Waals surface area contributed by atoms with Crippen LogP contribution in [-0.2, 0) is 0 Å². The van der Waals surface area contributed by atoms with Crippen molar-refractivity contribution in [3.8, 4) is 0 Å². The monoisotopic (exact) mass is 207 g/mol. The first-order valence-electron chi connectivity index (χ1n) is 5.86. The third-order valence-corrected chi connectivity index (χ3v) is 3.77.